The van der Waals surface area contributed by atoms with E-state index < -0.39 is 0 Å². The summed E-state index contributed by atoms with van der Waals surface area (Å²) in [4.78, 5) is 0. The predicted molar refractivity (Wildman–Crippen MR) is 97.6 cm³/mol. The van der Waals surface area contributed by atoms with Crippen LogP contribution in [0.15, 0.2) is 25.3 Å². The van der Waals surface area contributed by atoms with Crippen LogP contribution in [0.4, 0.5) is 0 Å². The summed E-state index contributed by atoms with van der Waals surface area (Å²) in [6, 6.07) is 0. The monoisotopic (exact) mass is 320 g/mol. The van der Waals surface area contributed by atoms with Gasteiger partial charge in [-0.3, -0.25) is 0 Å². The highest BCUT2D eigenvalue weighted by Crippen LogP contribution is 2.48. The molecular formula is C21H36O2. The average molecular weight is 321 g/mol. The highest BCUT2D eigenvalue weighted by atomic mass is 16.5. The molecule has 2 aliphatic rings. The van der Waals surface area contributed by atoms with Gasteiger partial charge in [0.1, 0.15) is 0 Å². The summed E-state index contributed by atoms with van der Waals surface area (Å²) in [5.41, 5.74) is 0.451. The molecule has 2 rings (SSSR count). The van der Waals surface area contributed by atoms with Crippen molar-refractivity contribution in [3.63, 3.8) is 0 Å². The van der Waals surface area contributed by atoms with E-state index in [-0.39, 0.29) is 0 Å². The van der Waals surface area contributed by atoms with Crippen LogP contribution in [0.2, 0.25) is 0 Å². The lowest BCUT2D eigenvalue weighted by Gasteiger charge is -2.46. The predicted octanol–water partition coefficient (Wildman–Crippen LogP) is 5.54. The molecule has 2 heteroatoms. The minimum absolute atomic E-state index is 0.451. The van der Waals surface area contributed by atoms with Crippen molar-refractivity contribution >= 4 is 0 Å². The molecule has 0 spiro atoms. The zero-order valence-corrected chi connectivity index (χ0v) is 15.3. The van der Waals surface area contributed by atoms with Gasteiger partial charge in [0.25, 0.3) is 0 Å². The lowest BCUT2D eigenvalue weighted by Crippen LogP contribution is -2.39. The van der Waals surface area contributed by atoms with Gasteiger partial charge in [0.05, 0.1) is 25.4 Å². The van der Waals surface area contributed by atoms with E-state index in [0.29, 0.717) is 30.8 Å². The highest BCUT2D eigenvalue weighted by molar-refractivity contribution is 4.91. The second-order valence-electron chi connectivity index (χ2n) is 8.01. The minimum atomic E-state index is 0.451. The number of hydrogen-bond donors (Lipinski definition) is 0. The van der Waals surface area contributed by atoms with Crippen LogP contribution in [0.5, 0.6) is 0 Å². The van der Waals surface area contributed by atoms with Gasteiger partial charge in [-0.05, 0) is 68.6 Å². The quantitative estimate of drug-likeness (QED) is 0.547. The van der Waals surface area contributed by atoms with Crippen molar-refractivity contribution in [3.05, 3.63) is 25.3 Å². The maximum atomic E-state index is 5.85. The molecule has 0 unspecified atom stereocenters. The van der Waals surface area contributed by atoms with Gasteiger partial charge < -0.3 is 9.47 Å². The van der Waals surface area contributed by atoms with Crippen molar-refractivity contribution in [2.75, 3.05) is 13.2 Å². The first kappa shape index (κ1) is 18.7. The van der Waals surface area contributed by atoms with Gasteiger partial charge in [0.2, 0.25) is 0 Å². The van der Waals surface area contributed by atoms with Crippen LogP contribution < -0.4 is 0 Å². The van der Waals surface area contributed by atoms with Gasteiger partial charge in [0, 0.05) is 0 Å². The molecular weight excluding hydrogens is 284 g/mol. The van der Waals surface area contributed by atoms with Crippen LogP contribution in [0.25, 0.3) is 0 Å². The molecule has 23 heavy (non-hydrogen) atoms. The Balaban J connectivity index is 1.78. The van der Waals surface area contributed by atoms with Crippen molar-refractivity contribution in [3.8, 4) is 0 Å². The summed E-state index contributed by atoms with van der Waals surface area (Å²) in [6.45, 7) is 13.9. The standard InChI is InChI=1S/C21H36O2/c1-5-15-22-19-11-7-17(8-12-19)21(3,4)18-9-13-20(14-10-18)23-16-6-2/h5-6,17-20H,1-2,7-16H2,3-4H3. The summed E-state index contributed by atoms with van der Waals surface area (Å²) in [6.07, 6.45) is 14.8. The third-order valence-electron chi connectivity index (χ3n) is 6.35. The number of hydrogen-bond acceptors (Lipinski definition) is 2. The van der Waals surface area contributed by atoms with Crippen molar-refractivity contribution in [2.45, 2.75) is 77.4 Å². The molecule has 0 aromatic carbocycles. The summed E-state index contributed by atoms with van der Waals surface area (Å²) < 4.78 is 11.7. The molecule has 2 nitrogen and oxygen atoms in total. The fourth-order valence-corrected chi connectivity index (χ4v) is 4.69. The Hall–Kier alpha value is -0.600. The molecule has 0 N–H and O–H groups in total. The molecule has 0 saturated heterocycles. The first-order chi connectivity index (χ1) is 11.1. The lowest BCUT2D eigenvalue weighted by molar-refractivity contribution is -0.0268. The Morgan fingerprint density at radius 2 is 1.09 bits per heavy atom. The van der Waals surface area contributed by atoms with Gasteiger partial charge in [-0.1, -0.05) is 26.0 Å². The Bertz CT molecular complexity index is 324. The fourth-order valence-electron chi connectivity index (χ4n) is 4.69. The van der Waals surface area contributed by atoms with E-state index in [1.165, 1.54) is 51.4 Å². The summed E-state index contributed by atoms with van der Waals surface area (Å²) in [5.74, 6) is 1.70. The average Bonchev–Trinajstić information content (AvgIpc) is 2.59. The normalized spacial score (nSPS) is 32.4. The zero-order chi connectivity index (χ0) is 16.7. The van der Waals surface area contributed by atoms with Crippen LogP contribution in [0, 0.1) is 17.3 Å². The molecule has 0 bridgehead atoms. The zero-order valence-electron chi connectivity index (χ0n) is 15.3. The number of rotatable bonds is 8. The van der Waals surface area contributed by atoms with Crippen molar-refractivity contribution < 1.29 is 9.47 Å². The van der Waals surface area contributed by atoms with Crippen molar-refractivity contribution in [2.24, 2.45) is 17.3 Å². The summed E-state index contributed by atoms with van der Waals surface area (Å²) in [7, 11) is 0. The van der Waals surface area contributed by atoms with E-state index in [2.05, 4.69) is 27.0 Å². The largest absolute Gasteiger partial charge is 0.374 e. The van der Waals surface area contributed by atoms with Crippen molar-refractivity contribution in [1.29, 1.82) is 0 Å². The topological polar surface area (TPSA) is 18.5 Å². The SMILES string of the molecule is C=CCOC1CCC(C(C)(C)C2CCC(OCC=C)CC2)CC1. The van der Waals surface area contributed by atoms with Gasteiger partial charge in [-0.25, -0.2) is 0 Å². The van der Waals surface area contributed by atoms with E-state index in [1.807, 2.05) is 12.2 Å². The van der Waals surface area contributed by atoms with Gasteiger partial charge in [-0.2, -0.15) is 0 Å². The van der Waals surface area contributed by atoms with Crippen LogP contribution in [0.1, 0.15) is 65.2 Å². The van der Waals surface area contributed by atoms with E-state index in [4.69, 9.17) is 9.47 Å². The van der Waals surface area contributed by atoms with Gasteiger partial charge in [0.15, 0.2) is 0 Å². The number of ether oxygens (including phenoxy) is 2. The molecule has 2 aliphatic carbocycles. The molecule has 0 heterocycles. The van der Waals surface area contributed by atoms with Crippen LogP contribution in [0.3, 0.4) is 0 Å². The third kappa shape index (κ3) is 5.19. The maximum Gasteiger partial charge on any atom is 0.0648 e. The van der Waals surface area contributed by atoms with E-state index in [9.17, 15) is 0 Å². The maximum absolute atomic E-state index is 5.85. The Morgan fingerprint density at radius 3 is 1.39 bits per heavy atom. The van der Waals surface area contributed by atoms with Gasteiger partial charge in [-0.15, -0.1) is 13.2 Å². The second kappa shape index (κ2) is 9.03. The molecule has 2 fully saturated rings. The minimum Gasteiger partial charge on any atom is -0.374 e. The smallest absolute Gasteiger partial charge is 0.0648 e. The van der Waals surface area contributed by atoms with Crippen LogP contribution in [-0.4, -0.2) is 25.4 Å². The van der Waals surface area contributed by atoms with Crippen molar-refractivity contribution in [1.82, 2.24) is 0 Å². The fraction of sp³-hybridized carbons (Fsp3) is 0.810. The molecule has 0 aliphatic heterocycles. The Labute approximate surface area is 143 Å². The molecule has 132 valence electrons. The lowest BCUT2D eigenvalue weighted by atomic mass is 9.60. The first-order valence-corrected chi connectivity index (χ1v) is 9.53. The highest BCUT2D eigenvalue weighted by Gasteiger charge is 2.40. The molecule has 0 radical (unpaired) electrons. The molecule has 0 amide bonds. The summed E-state index contributed by atoms with van der Waals surface area (Å²) >= 11 is 0. The van der Waals surface area contributed by atoms with Crippen LogP contribution in [-0.2, 0) is 9.47 Å². The molecule has 0 aromatic rings. The third-order valence-corrected chi connectivity index (χ3v) is 6.35. The van der Waals surface area contributed by atoms with E-state index >= 15 is 0 Å². The summed E-state index contributed by atoms with van der Waals surface area (Å²) in [5, 5.41) is 0. The second-order valence-corrected chi connectivity index (χ2v) is 8.01. The van der Waals surface area contributed by atoms with E-state index in [1.54, 1.807) is 0 Å². The molecule has 0 atom stereocenters. The molecule has 0 aromatic heterocycles. The first-order valence-electron chi connectivity index (χ1n) is 9.53. The van der Waals surface area contributed by atoms with Gasteiger partial charge >= 0.3 is 0 Å². The van der Waals surface area contributed by atoms with Crippen LogP contribution >= 0.6 is 0 Å². The Morgan fingerprint density at radius 1 is 0.739 bits per heavy atom. The van der Waals surface area contributed by atoms with E-state index in [0.717, 1.165) is 11.8 Å². The Kier molecular flexibility index (Phi) is 7.36. The molecule has 2 saturated carbocycles.